The van der Waals surface area contributed by atoms with Gasteiger partial charge in [-0.3, -0.25) is 4.79 Å². The molecular formula is C14H11BrClNO. The third kappa shape index (κ3) is 3.12. The molecule has 0 unspecified atom stereocenters. The largest absolute Gasteiger partial charge is 0.322 e. The zero-order chi connectivity index (χ0) is 13.1. The van der Waals surface area contributed by atoms with Crippen molar-refractivity contribution >= 4 is 39.1 Å². The second-order valence-electron chi connectivity index (χ2n) is 3.94. The highest BCUT2D eigenvalue weighted by molar-refractivity contribution is 9.10. The summed E-state index contributed by atoms with van der Waals surface area (Å²) in [6.07, 6.45) is 0. The lowest BCUT2D eigenvalue weighted by molar-refractivity contribution is 0.102. The van der Waals surface area contributed by atoms with Gasteiger partial charge in [0.15, 0.2) is 0 Å². The highest BCUT2D eigenvalue weighted by Crippen LogP contribution is 2.20. The molecule has 0 saturated carbocycles. The fourth-order valence-corrected chi connectivity index (χ4v) is 2.01. The maximum atomic E-state index is 12.1. The van der Waals surface area contributed by atoms with Gasteiger partial charge in [0.2, 0.25) is 0 Å². The Morgan fingerprint density at radius 1 is 1.17 bits per heavy atom. The smallest absolute Gasteiger partial charge is 0.257 e. The molecule has 2 aromatic carbocycles. The summed E-state index contributed by atoms with van der Waals surface area (Å²) in [5.41, 5.74) is 2.22. The van der Waals surface area contributed by atoms with E-state index in [1.165, 1.54) is 0 Å². The van der Waals surface area contributed by atoms with Crippen LogP contribution >= 0.6 is 27.5 Å². The van der Waals surface area contributed by atoms with E-state index in [4.69, 9.17) is 11.6 Å². The molecule has 2 nitrogen and oxygen atoms in total. The molecule has 0 saturated heterocycles. The topological polar surface area (TPSA) is 29.1 Å². The molecule has 0 radical (unpaired) electrons. The van der Waals surface area contributed by atoms with E-state index in [1.54, 1.807) is 12.1 Å². The zero-order valence-electron chi connectivity index (χ0n) is 9.71. The Morgan fingerprint density at radius 3 is 2.50 bits per heavy atom. The zero-order valence-corrected chi connectivity index (χ0v) is 12.0. The van der Waals surface area contributed by atoms with Crippen LogP contribution < -0.4 is 5.32 Å². The molecule has 4 heteroatoms. The van der Waals surface area contributed by atoms with Gasteiger partial charge in [0.1, 0.15) is 0 Å². The van der Waals surface area contributed by atoms with Crippen LogP contribution in [0.3, 0.4) is 0 Å². The first-order valence-corrected chi connectivity index (χ1v) is 6.56. The Kier molecular flexibility index (Phi) is 4.04. The lowest BCUT2D eigenvalue weighted by Gasteiger charge is -2.07. The summed E-state index contributed by atoms with van der Waals surface area (Å²) < 4.78 is 0.967. The molecule has 0 aliphatic rings. The third-order valence-corrected chi connectivity index (χ3v) is 3.33. The van der Waals surface area contributed by atoms with Crippen LogP contribution in [0, 0.1) is 6.92 Å². The van der Waals surface area contributed by atoms with Crippen LogP contribution in [0.4, 0.5) is 5.69 Å². The summed E-state index contributed by atoms with van der Waals surface area (Å²) in [5, 5.41) is 3.26. The Hall–Kier alpha value is -1.32. The van der Waals surface area contributed by atoms with Gasteiger partial charge in [-0.1, -0.05) is 39.2 Å². The molecule has 18 heavy (non-hydrogen) atoms. The van der Waals surface area contributed by atoms with E-state index in [-0.39, 0.29) is 5.91 Å². The molecular weight excluding hydrogens is 314 g/mol. The van der Waals surface area contributed by atoms with Crippen molar-refractivity contribution in [1.82, 2.24) is 0 Å². The van der Waals surface area contributed by atoms with E-state index in [1.807, 2.05) is 37.3 Å². The molecule has 2 aromatic rings. The van der Waals surface area contributed by atoms with Gasteiger partial charge in [0.05, 0.1) is 10.6 Å². The number of nitrogens with one attached hydrogen (secondary N) is 1. The third-order valence-electron chi connectivity index (χ3n) is 2.47. The van der Waals surface area contributed by atoms with E-state index < -0.39 is 0 Å². The summed E-state index contributed by atoms with van der Waals surface area (Å²) in [6.45, 7) is 1.92. The summed E-state index contributed by atoms with van der Waals surface area (Å²) in [6, 6.07) is 12.8. The molecule has 0 atom stereocenters. The predicted molar refractivity (Wildman–Crippen MR) is 78.3 cm³/mol. The van der Waals surface area contributed by atoms with Gasteiger partial charge >= 0.3 is 0 Å². The monoisotopic (exact) mass is 323 g/mol. The first kappa shape index (κ1) is 13.1. The van der Waals surface area contributed by atoms with Gasteiger partial charge in [-0.25, -0.2) is 0 Å². The number of carbonyl (C=O) groups excluding carboxylic acids is 1. The fraction of sp³-hybridized carbons (Fsp3) is 0.0714. The summed E-state index contributed by atoms with van der Waals surface area (Å²) in [5.74, 6) is -0.203. The van der Waals surface area contributed by atoms with Crippen molar-refractivity contribution in [2.24, 2.45) is 0 Å². The SMILES string of the molecule is Cc1ccc(Cl)c(C(=O)Nc2ccc(Br)cc2)c1. The Morgan fingerprint density at radius 2 is 1.83 bits per heavy atom. The van der Waals surface area contributed by atoms with Crippen molar-refractivity contribution in [2.45, 2.75) is 6.92 Å². The maximum absolute atomic E-state index is 12.1. The van der Waals surface area contributed by atoms with Gasteiger partial charge < -0.3 is 5.32 Å². The van der Waals surface area contributed by atoms with Crippen molar-refractivity contribution in [3.05, 3.63) is 63.1 Å². The van der Waals surface area contributed by atoms with Crippen LogP contribution in [0.5, 0.6) is 0 Å². The number of aryl methyl sites for hydroxylation is 1. The predicted octanol–water partition coefficient (Wildman–Crippen LogP) is 4.66. The molecule has 0 fully saturated rings. The van der Waals surface area contributed by atoms with E-state index in [0.717, 1.165) is 15.7 Å². The van der Waals surface area contributed by atoms with Crippen molar-refractivity contribution in [3.63, 3.8) is 0 Å². The van der Waals surface area contributed by atoms with Crippen LogP contribution in [-0.4, -0.2) is 5.91 Å². The second kappa shape index (κ2) is 5.55. The number of carbonyl (C=O) groups is 1. The number of hydrogen-bond acceptors (Lipinski definition) is 1. The average molecular weight is 325 g/mol. The average Bonchev–Trinajstić information content (AvgIpc) is 2.35. The van der Waals surface area contributed by atoms with Crippen LogP contribution in [0.25, 0.3) is 0 Å². The van der Waals surface area contributed by atoms with Crippen molar-refractivity contribution in [3.8, 4) is 0 Å². The molecule has 0 spiro atoms. The Labute approximate surface area is 119 Å². The minimum absolute atomic E-state index is 0.203. The number of halogens is 2. The molecule has 1 N–H and O–H groups in total. The highest BCUT2D eigenvalue weighted by atomic mass is 79.9. The molecule has 0 heterocycles. The maximum Gasteiger partial charge on any atom is 0.257 e. The van der Waals surface area contributed by atoms with E-state index in [0.29, 0.717) is 10.6 Å². The second-order valence-corrected chi connectivity index (χ2v) is 5.27. The summed E-state index contributed by atoms with van der Waals surface area (Å²) in [4.78, 5) is 12.1. The van der Waals surface area contributed by atoms with Gasteiger partial charge in [0.25, 0.3) is 5.91 Å². The van der Waals surface area contributed by atoms with Crippen molar-refractivity contribution < 1.29 is 4.79 Å². The minimum atomic E-state index is -0.203. The standard InChI is InChI=1S/C14H11BrClNO/c1-9-2-7-13(16)12(8-9)14(18)17-11-5-3-10(15)4-6-11/h2-8H,1H3,(H,17,18). The molecule has 0 aromatic heterocycles. The molecule has 1 amide bonds. The van der Waals surface area contributed by atoms with Gasteiger partial charge in [-0.05, 0) is 43.3 Å². The van der Waals surface area contributed by atoms with Gasteiger partial charge in [-0.2, -0.15) is 0 Å². The van der Waals surface area contributed by atoms with E-state index in [2.05, 4.69) is 21.2 Å². The lowest BCUT2D eigenvalue weighted by Crippen LogP contribution is -2.12. The van der Waals surface area contributed by atoms with E-state index in [9.17, 15) is 4.79 Å². The molecule has 92 valence electrons. The van der Waals surface area contributed by atoms with Gasteiger partial charge in [-0.15, -0.1) is 0 Å². The van der Waals surface area contributed by atoms with Crippen molar-refractivity contribution in [2.75, 3.05) is 5.32 Å². The Bertz CT molecular complexity index is 581. The lowest BCUT2D eigenvalue weighted by atomic mass is 10.1. The van der Waals surface area contributed by atoms with Crippen LogP contribution in [0.15, 0.2) is 46.9 Å². The normalized spacial score (nSPS) is 10.2. The van der Waals surface area contributed by atoms with Crippen molar-refractivity contribution in [1.29, 1.82) is 0 Å². The summed E-state index contributed by atoms with van der Waals surface area (Å²) >= 11 is 9.36. The summed E-state index contributed by atoms with van der Waals surface area (Å²) in [7, 11) is 0. The van der Waals surface area contributed by atoms with Crippen LogP contribution in [-0.2, 0) is 0 Å². The molecule has 0 bridgehead atoms. The first-order chi connectivity index (χ1) is 8.56. The Balaban J connectivity index is 2.21. The fourth-order valence-electron chi connectivity index (χ4n) is 1.54. The van der Waals surface area contributed by atoms with Crippen LogP contribution in [0.1, 0.15) is 15.9 Å². The highest BCUT2D eigenvalue weighted by Gasteiger charge is 2.10. The molecule has 0 aliphatic heterocycles. The first-order valence-electron chi connectivity index (χ1n) is 5.39. The number of amides is 1. The number of rotatable bonds is 2. The number of anilines is 1. The number of hydrogen-bond donors (Lipinski definition) is 1. The molecule has 2 rings (SSSR count). The quantitative estimate of drug-likeness (QED) is 0.855. The minimum Gasteiger partial charge on any atom is -0.322 e. The van der Waals surface area contributed by atoms with Gasteiger partial charge in [0, 0.05) is 10.2 Å². The number of benzene rings is 2. The molecule has 0 aliphatic carbocycles. The van der Waals surface area contributed by atoms with Crippen LogP contribution in [0.2, 0.25) is 5.02 Å². The van der Waals surface area contributed by atoms with E-state index >= 15 is 0 Å².